The normalized spacial score (nSPS) is 47.0. The molecule has 0 amide bonds. The molecule has 1 saturated heterocycles. The Morgan fingerprint density at radius 2 is 1.91 bits per heavy atom. The third-order valence-electron chi connectivity index (χ3n) is 7.37. The van der Waals surface area contributed by atoms with E-state index in [0.29, 0.717) is 30.3 Å². The Balaban J connectivity index is 1.45. The molecule has 124 valence electrons. The van der Waals surface area contributed by atoms with Crippen LogP contribution in [0.3, 0.4) is 0 Å². The molecule has 4 aliphatic rings. The van der Waals surface area contributed by atoms with E-state index in [1.54, 1.807) is 0 Å². The summed E-state index contributed by atoms with van der Waals surface area (Å²) in [6.07, 6.45) is 9.27. The third kappa shape index (κ3) is 1.81. The molecule has 0 aromatic heterocycles. The van der Waals surface area contributed by atoms with Gasteiger partial charge in [-0.3, -0.25) is 4.79 Å². The van der Waals surface area contributed by atoms with Gasteiger partial charge in [-0.2, -0.15) is 0 Å². The van der Waals surface area contributed by atoms with Gasteiger partial charge in [-0.15, -0.1) is 0 Å². The average Bonchev–Trinajstić information content (AvgIpc) is 2.81. The van der Waals surface area contributed by atoms with Crippen molar-refractivity contribution in [2.24, 2.45) is 23.2 Å². The van der Waals surface area contributed by atoms with Crippen LogP contribution in [-0.2, 0) is 14.3 Å². The number of carbonyl (C=O) groups is 1. The maximum atomic E-state index is 12.2. The highest BCUT2D eigenvalue weighted by Gasteiger charge is 2.81. The van der Waals surface area contributed by atoms with Gasteiger partial charge in [-0.05, 0) is 49.4 Å². The molecule has 4 rings (SSSR count). The van der Waals surface area contributed by atoms with Crippen LogP contribution in [0.5, 0.6) is 0 Å². The Morgan fingerprint density at radius 3 is 2.64 bits per heavy atom. The van der Waals surface area contributed by atoms with E-state index in [9.17, 15) is 4.79 Å². The lowest BCUT2D eigenvalue weighted by Crippen LogP contribution is -2.35. The van der Waals surface area contributed by atoms with Crippen LogP contribution in [0, 0.1) is 23.2 Å². The van der Waals surface area contributed by atoms with Crippen LogP contribution < -0.4 is 0 Å². The molecule has 3 aliphatic carbocycles. The SMILES string of the molecule is CCCCCC(=O)OC1CCC2C1C1CCC3OC31C2(C)C. The number of rotatable bonds is 5. The average molecular weight is 306 g/mol. The van der Waals surface area contributed by atoms with Crippen LogP contribution in [0.1, 0.15) is 72.1 Å². The van der Waals surface area contributed by atoms with Gasteiger partial charge in [-0.25, -0.2) is 0 Å². The number of unbranched alkanes of at least 4 members (excludes halogenated alkanes) is 2. The van der Waals surface area contributed by atoms with Gasteiger partial charge in [0.15, 0.2) is 0 Å². The van der Waals surface area contributed by atoms with Gasteiger partial charge in [0.05, 0.1) is 6.10 Å². The Labute approximate surface area is 134 Å². The molecule has 0 N–H and O–H groups in total. The van der Waals surface area contributed by atoms with E-state index in [0.717, 1.165) is 25.7 Å². The molecule has 3 nitrogen and oxygen atoms in total. The van der Waals surface area contributed by atoms with Crippen molar-refractivity contribution in [3.05, 3.63) is 0 Å². The van der Waals surface area contributed by atoms with Crippen molar-refractivity contribution in [2.75, 3.05) is 0 Å². The molecule has 6 atom stereocenters. The number of hydrogen-bond donors (Lipinski definition) is 0. The summed E-state index contributed by atoms with van der Waals surface area (Å²) in [5, 5.41) is 0. The van der Waals surface area contributed by atoms with Crippen LogP contribution in [0.4, 0.5) is 0 Å². The van der Waals surface area contributed by atoms with Crippen molar-refractivity contribution >= 4 is 5.97 Å². The summed E-state index contributed by atoms with van der Waals surface area (Å²) < 4.78 is 12.2. The Hall–Kier alpha value is -0.570. The van der Waals surface area contributed by atoms with E-state index in [1.165, 1.54) is 19.3 Å². The summed E-state index contributed by atoms with van der Waals surface area (Å²) >= 11 is 0. The van der Waals surface area contributed by atoms with Crippen molar-refractivity contribution in [2.45, 2.75) is 89.9 Å². The zero-order valence-corrected chi connectivity index (χ0v) is 14.3. The van der Waals surface area contributed by atoms with E-state index < -0.39 is 0 Å². The largest absolute Gasteiger partial charge is 0.462 e. The molecule has 3 heteroatoms. The first kappa shape index (κ1) is 15.0. The maximum absolute atomic E-state index is 12.2. The highest BCUT2D eigenvalue weighted by atomic mass is 16.6. The fourth-order valence-corrected chi connectivity index (χ4v) is 6.41. The van der Waals surface area contributed by atoms with E-state index in [4.69, 9.17) is 9.47 Å². The lowest BCUT2D eigenvalue weighted by atomic mass is 9.73. The fourth-order valence-electron chi connectivity index (χ4n) is 6.41. The minimum absolute atomic E-state index is 0.0316. The fraction of sp³-hybridized carbons (Fsp3) is 0.947. The van der Waals surface area contributed by atoms with Crippen molar-refractivity contribution in [3.63, 3.8) is 0 Å². The second kappa shape index (κ2) is 4.96. The van der Waals surface area contributed by atoms with Gasteiger partial charge in [0, 0.05) is 12.3 Å². The van der Waals surface area contributed by atoms with Gasteiger partial charge in [0.2, 0.25) is 0 Å². The lowest BCUT2D eigenvalue weighted by Gasteiger charge is -2.30. The topological polar surface area (TPSA) is 38.8 Å². The van der Waals surface area contributed by atoms with Crippen molar-refractivity contribution in [3.8, 4) is 0 Å². The lowest BCUT2D eigenvalue weighted by molar-refractivity contribution is -0.152. The molecular formula is C19H30O3. The zero-order valence-electron chi connectivity index (χ0n) is 14.3. The van der Waals surface area contributed by atoms with Gasteiger partial charge in [-0.1, -0.05) is 33.6 Å². The first-order valence-corrected chi connectivity index (χ1v) is 9.39. The summed E-state index contributed by atoms with van der Waals surface area (Å²) in [5.41, 5.74) is 0.391. The summed E-state index contributed by atoms with van der Waals surface area (Å²) in [4.78, 5) is 12.2. The molecule has 1 aliphatic heterocycles. The highest BCUT2D eigenvalue weighted by molar-refractivity contribution is 5.69. The van der Waals surface area contributed by atoms with E-state index in [2.05, 4.69) is 20.8 Å². The quantitative estimate of drug-likeness (QED) is 0.436. The predicted octanol–water partition coefficient (Wildman–Crippen LogP) is 4.09. The molecule has 0 radical (unpaired) electrons. The highest BCUT2D eigenvalue weighted by Crippen LogP contribution is 2.75. The maximum Gasteiger partial charge on any atom is 0.306 e. The van der Waals surface area contributed by atoms with Crippen molar-refractivity contribution in [1.29, 1.82) is 0 Å². The number of ether oxygens (including phenoxy) is 2. The van der Waals surface area contributed by atoms with Crippen LogP contribution >= 0.6 is 0 Å². The first-order chi connectivity index (χ1) is 10.5. The molecule has 0 bridgehead atoms. The number of hydrogen-bond acceptors (Lipinski definition) is 3. The number of esters is 1. The second-order valence-electron chi connectivity index (χ2n) is 8.55. The van der Waals surface area contributed by atoms with Crippen LogP contribution in [0.15, 0.2) is 0 Å². The Bertz CT molecular complexity index is 471. The third-order valence-corrected chi connectivity index (χ3v) is 7.37. The molecule has 4 fully saturated rings. The summed E-state index contributed by atoms with van der Waals surface area (Å²) in [6.45, 7) is 6.97. The summed E-state index contributed by atoms with van der Waals surface area (Å²) in [6, 6.07) is 0. The molecule has 0 aromatic carbocycles. The number of carbonyl (C=O) groups excluding carboxylic acids is 1. The summed E-state index contributed by atoms with van der Waals surface area (Å²) in [7, 11) is 0. The van der Waals surface area contributed by atoms with Gasteiger partial charge >= 0.3 is 5.97 Å². The number of epoxide rings is 1. The molecule has 0 aromatic rings. The molecule has 1 spiro atoms. The van der Waals surface area contributed by atoms with Crippen molar-refractivity contribution < 1.29 is 14.3 Å². The molecule has 1 heterocycles. The zero-order chi connectivity index (χ0) is 15.5. The van der Waals surface area contributed by atoms with Crippen LogP contribution in [-0.4, -0.2) is 23.8 Å². The summed E-state index contributed by atoms with van der Waals surface area (Å²) in [5.74, 6) is 1.89. The second-order valence-corrected chi connectivity index (χ2v) is 8.55. The number of fused-ring (bicyclic) bond motifs is 2. The predicted molar refractivity (Wildman–Crippen MR) is 84.3 cm³/mol. The Kier molecular flexibility index (Phi) is 3.38. The minimum Gasteiger partial charge on any atom is -0.462 e. The molecule has 22 heavy (non-hydrogen) atoms. The molecular weight excluding hydrogens is 276 g/mol. The molecule has 3 saturated carbocycles. The van der Waals surface area contributed by atoms with Gasteiger partial charge in [0.25, 0.3) is 0 Å². The van der Waals surface area contributed by atoms with Crippen LogP contribution in [0.2, 0.25) is 0 Å². The molecule has 6 unspecified atom stereocenters. The monoisotopic (exact) mass is 306 g/mol. The van der Waals surface area contributed by atoms with E-state index >= 15 is 0 Å². The first-order valence-electron chi connectivity index (χ1n) is 9.39. The minimum atomic E-state index is 0.0316. The van der Waals surface area contributed by atoms with E-state index in [-0.39, 0.29) is 23.1 Å². The standard InChI is InChI=1S/C19H30O3/c1-4-5-6-7-16(20)21-14-10-8-12-17(14)13-9-11-15-19(13,22-15)18(12,2)3/h12-15,17H,4-11H2,1-3H3. The van der Waals surface area contributed by atoms with Crippen LogP contribution in [0.25, 0.3) is 0 Å². The van der Waals surface area contributed by atoms with Gasteiger partial charge in [0.1, 0.15) is 11.7 Å². The van der Waals surface area contributed by atoms with Crippen molar-refractivity contribution in [1.82, 2.24) is 0 Å². The van der Waals surface area contributed by atoms with Gasteiger partial charge < -0.3 is 9.47 Å². The van der Waals surface area contributed by atoms with E-state index in [1.807, 2.05) is 0 Å². The smallest absolute Gasteiger partial charge is 0.306 e. The Morgan fingerprint density at radius 1 is 1.14 bits per heavy atom.